The fourth-order valence-electron chi connectivity index (χ4n) is 2.59. The summed E-state index contributed by atoms with van der Waals surface area (Å²) >= 11 is 0. The Morgan fingerprint density at radius 1 is 1.27 bits per heavy atom. The largest absolute Gasteiger partial charge is 0.375 e. The molecule has 1 aliphatic heterocycles. The van der Waals surface area contributed by atoms with Crippen LogP contribution >= 0.6 is 0 Å². The molecule has 1 atom stereocenters. The number of nitrogens with zero attached hydrogens (tertiary/aromatic N) is 1. The van der Waals surface area contributed by atoms with E-state index in [4.69, 9.17) is 4.74 Å². The van der Waals surface area contributed by atoms with E-state index >= 15 is 0 Å². The van der Waals surface area contributed by atoms with Crippen molar-refractivity contribution in [3.63, 3.8) is 0 Å². The lowest BCUT2D eigenvalue weighted by molar-refractivity contribution is -0.0986. The lowest BCUT2D eigenvalue weighted by atomic mass is 9.86. The molecule has 0 saturated carbocycles. The molecule has 0 N–H and O–H groups in total. The maximum atomic E-state index is 5.98. The van der Waals surface area contributed by atoms with Crippen molar-refractivity contribution >= 4 is 0 Å². The van der Waals surface area contributed by atoms with E-state index in [1.165, 1.54) is 0 Å². The number of aromatic nitrogens is 1. The van der Waals surface area contributed by atoms with Crippen molar-refractivity contribution in [1.82, 2.24) is 4.57 Å². The predicted octanol–water partition coefficient (Wildman–Crippen LogP) is 3.40. The van der Waals surface area contributed by atoms with Gasteiger partial charge in [0.15, 0.2) is 0 Å². The standard InChI is InChI=1S/C13H21NO/c1-3-13(4-2)11-12(7-10-15-13)14-8-5-6-9-14/h5-6,8-9,12H,3-4,7,10-11H2,1-2H3. The SMILES string of the molecule is CCC1(CC)CC(n2cccc2)CCO1. The molecule has 2 heterocycles. The number of hydrogen-bond acceptors (Lipinski definition) is 1. The van der Waals surface area contributed by atoms with Crippen molar-refractivity contribution in [2.24, 2.45) is 0 Å². The Balaban J connectivity index is 2.10. The number of ether oxygens (including phenoxy) is 1. The molecule has 1 saturated heterocycles. The number of rotatable bonds is 3. The van der Waals surface area contributed by atoms with Crippen LogP contribution in [0.25, 0.3) is 0 Å². The topological polar surface area (TPSA) is 14.2 Å². The normalized spacial score (nSPS) is 25.3. The average molecular weight is 207 g/mol. The summed E-state index contributed by atoms with van der Waals surface area (Å²) in [7, 11) is 0. The van der Waals surface area contributed by atoms with Crippen molar-refractivity contribution < 1.29 is 4.74 Å². The van der Waals surface area contributed by atoms with Crippen LogP contribution in [0, 0.1) is 0 Å². The minimum Gasteiger partial charge on any atom is -0.375 e. The van der Waals surface area contributed by atoms with E-state index in [2.05, 4.69) is 42.9 Å². The monoisotopic (exact) mass is 207 g/mol. The molecule has 84 valence electrons. The third-order valence-electron chi connectivity index (χ3n) is 3.80. The highest BCUT2D eigenvalue weighted by atomic mass is 16.5. The second kappa shape index (κ2) is 4.40. The molecule has 1 aromatic rings. The summed E-state index contributed by atoms with van der Waals surface area (Å²) in [5.41, 5.74) is 0.132. The summed E-state index contributed by atoms with van der Waals surface area (Å²) in [6.07, 6.45) is 8.91. The zero-order valence-corrected chi connectivity index (χ0v) is 9.78. The predicted molar refractivity (Wildman–Crippen MR) is 62.0 cm³/mol. The fraction of sp³-hybridized carbons (Fsp3) is 0.692. The highest BCUT2D eigenvalue weighted by Crippen LogP contribution is 2.36. The van der Waals surface area contributed by atoms with Crippen LogP contribution in [-0.2, 0) is 4.74 Å². The summed E-state index contributed by atoms with van der Waals surface area (Å²) in [4.78, 5) is 0. The van der Waals surface area contributed by atoms with Crippen LogP contribution in [0.2, 0.25) is 0 Å². The molecular weight excluding hydrogens is 186 g/mol. The molecule has 0 spiro atoms. The van der Waals surface area contributed by atoms with Gasteiger partial charge in [-0.2, -0.15) is 0 Å². The minimum atomic E-state index is 0.132. The van der Waals surface area contributed by atoms with Crippen LogP contribution in [0.1, 0.15) is 45.6 Å². The van der Waals surface area contributed by atoms with Gasteiger partial charge in [0.2, 0.25) is 0 Å². The van der Waals surface area contributed by atoms with Crippen LogP contribution in [0.5, 0.6) is 0 Å². The highest BCUT2D eigenvalue weighted by Gasteiger charge is 2.34. The van der Waals surface area contributed by atoms with Gasteiger partial charge in [-0.25, -0.2) is 0 Å². The Hall–Kier alpha value is -0.760. The van der Waals surface area contributed by atoms with Crippen LogP contribution in [0.4, 0.5) is 0 Å². The van der Waals surface area contributed by atoms with E-state index < -0.39 is 0 Å². The fourth-order valence-corrected chi connectivity index (χ4v) is 2.59. The maximum Gasteiger partial charge on any atom is 0.0697 e. The van der Waals surface area contributed by atoms with Gasteiger partial charge in [0.05, 0.1) is 5.60 Å². The van der Waals surface area contributed by atoms with Crippen LogP contribution in [-0.4, -0.2) is 16.8 Å². The second-order valence-corrected chi connectivity index (χ2v) is 4.52. The molecule has 2 heteroatoms. The van der Waals surface area contributed by atoms with Crippen molar-refractivity contribution in [1.29, 1.82) is 0 Å². The van der Waals surface area contributed by atoms with Crippen LogP contribution in [0.3, 0.4) is 0 Å². The van der Waals surface area contributed by atoms with E-state index in [-0.39, 0.29) is 5.60 Å². The first kappa shape index (κ1) is 10.7. The molecule has 1 aromatic heterocycles. The van der Waals surface area contributed by atoms with Gasteiger partial charge in [0.25, 0.3) is 0 Å². The zero-order valence-electron chi connectivity index (χ0n) is 9.78. The van der Waals surface area contributed by atoms with E-state index in [0.29, 0.717) is 6.04 Å². The third kappa shape index (κ3) is 2.10. The van der Waals surface area contributed by atoms with Crippen LogP contribution in [0.15, 0.2) is 24.5 Å². The Labute approximate surface area is 92.2 Å². The van der Waals surface area contributed by atoms with Crippen molar-refractivity contribution in [3.8, 4) is 0 Å². The summed E-state index contributed by atoms with van der Waals surface area (Å²) in [6.45, 7) is 5.38. The molecule has 1 unspecified atom stereocenters. The van der Waals surface area contributed by atoms with E-state index in [0.717, 1.165) is 32.3 Å². The van der Waals surface area contributed by atoms with E-state index in [1.54, 1.807) is 0 Å². The maximum absolute atomic E-state index is 5.98. The minimum absolute atomic E-state index is 0.132. The lowest BCUT2D eigenvalue weighted by Gasteiger charge is -2.40. The van der Waals surface area contributed by atoms with Gasteiger partial charge in [-0.1, -0.05) is 13.8 Å². The molecule has 0 amide bonds. The van der Waals surface area contributed by atoms with Crippen LogP contribution < -0.4 is 0 Å². The summed E-state index contributed by atoms with van der Waals surface area (Å²) in [5, 5.41) is 0. The van der Waals surface area contributed by atoms with Gasteiger partial charge in [-0.15, -0.1) is 0 Å². The Kier molecular flexibility index (Phi) is 3.15. The van der Waals surface area contributed by atoms with E-state index in [9.17, 15) is 0 Å². The zero-order chi connectivity index (χ0) is 10.7. The average Bonchev–Trinajstić information content (AvgIpc) is 2.82. The lowest BCUT2D eigenvalue weighted by Crippen LogP contribution is -2.39. The quantitative estimate of drug-likeness (QED) is 0.741. The van der Waals surface area contributed by atoms with Gasteiger partial charge < -0.3 is 9.30 Å². The Morgan fingerprint density at radius 2 is 1.93 bits per heavy atom. The summed E-state index contributed by atoms with van der Waals surface area (Å²) in [6, 6.07) is 4.85. The Morgan fingerprint density at radius 3 is 2.53 bits per heavy atom. The smallest absolute Gasteiger partial charge is 0.0697 e. The van der Waals surface area contributed by atoms with Gasteiger partial charge >= 0.3 is 0 Å². The summed E-state index contributed by atoms with van der Waals surface area (Å²) in [5.74, 6) is 0. The van der Waals surface area contributed by atoms with Crippen molar-refractivity contribution in [3.05, 3.63) is 24.5 Å². The van der Waals surface area contributed by atoms with E-state index in [1.807, 2.05) is 0 Å². The molecule has 1 fully saturated rings. The Bertz CT molecular complexity index is 287. The molecule has 2 rings (SSSR count). The van der Waals surface area contributed by atoms with Gasteiger partial charge in [-0.3, -0.25) is 0 Å². The first-order chi connectivity index (χ1) is 7.29. The molecule has 0 bridgehead atoms. The van der Waals surface area contributed by atoms with Gasteiger partial charge in [0, 0.05) is 25.0 Å². The number of hydrogen-bond donors (Lipinski definition) is 0. The molecule has 0 aliphatic carbocycles. The highest BCUT2D eigenvalue weighted by molar-refractivity contribution is 4.96. The molecule has 1 aliphatic rings. The molecular formula is C13H21NO. The first-order valence-corrected chi connectivity index (χ1v) is 6.06. The molecule has 2 nitrogen and oxygen atoms in total. The molecule has 15 heavy (non-hydrogen) atoms. The first-order valence-electron chi connectivity index (χ1n) is 6.06. The van der Waals surface area contributed by atoms with Crippen molar-refractivity contribution in [2.45, 2.75) is 51.2 Å². The third-order valence-corrected chi connectivity index (χ3v) is 3.80. The van der Waals surface area contributed by atoms with Crippen molar-refractivity contribution in [2.75, 3.05) is 6.61 Å². The summed E-state index contributed by atoms with van der Waals surface area (Å²) < 4.78 is 8.31. The van der Waals surface area contributed by atoms with Gasteiger partial charge in [-0.05, 0) is 37.8 Å². The molecule has 0 radical (unpaired) electrons. The molecule has 0 aromatic carbocycles. The van der Waals surface area contributed by atoms with Gasteiger partial charge in [0.1, 0.15) is 0 Å². The second-order valence-electron chi connectivity index (χ2n) is 4.52.